The summed E-state index contributed by atoms with van der Waals surface area (Å²) in [5.74, 6) is -0.149. The minimum absolute atomic E-state index is 0.00547. The van der Waals surface area contributed by atoms with Crippen molar-refractivity contribution in [1.82, 2.24) is 19.6 Å². The largest absolute Gasteiger partial charge is 0.362 e. The second-order valence-electron chi connectivity index (χ2n) is 9.65. The minimum Gasteiger partial charge on any atom is -0.362 e. The Morgan fingerprint density at radius 2 is 1.46 bits per heavy atom. The van der Waals surface area contributed by atoms with E-state index < -0.39 is 4.92 Å². The van der Waals surface area contributed by atoms with Crippen LogP contribution in [0.15, 0.2) is 18.2 Å². The van der Waals surface area contributed by atoms with Crippen molar-refractivity contribution in [3.63, 3.8) is 0 Å². The Morgan fingerprint density at radius 3 is 2.03 bits per heavy atom. The predicted molar refractivity (Wildman–Crippen MR) is 130 cm³/mol. The average molecular weight is 487 g/mol. The molecule has 3 amide bonds. The summed E-state index contributed by atoms with van der Waals surface area (Å²) in [6.45, 7) is 7.72. The summed E-state index contributed by atoms with van der Waals surface area (Å²) < 4.78 is 0. The number of piperazine rings is 2. The number of nitro groups is 1. The van der Waals surface area contributed by atoms with E-state index in [2.05, 4.69) is 11.9 Å². The fourth-order valence-electron chi connectivity index (χ4n) is 5.13. The lowest BCUT2D eigenvalue weighted by molar-refractivity contribution is -0.384. The predicted octanol–water partition coefficient (Wildman–Crippen LogP) is 0.890. The fraction of sp³-hybridized carbons (Fsp3) is 0.625. The number of carbonyl (C=O) groups excluding carboxylic acids is 3. The number of likely N-dealkylation sites (tertiary alicyclic amines) is 1. The van der Waals surface area contributed by atoms with Gasteiger partial charge in [-0.05, 0) is 32.0 Å². The number of rotatable bonds is 4. The highest BCUT2D eigenvalue weighted by Gasteiger charge is 2.32. The molecule has 11 nitrogen and oxygen atoms in total. The third kappa shape index (κ3) is 5.55. The van der Waals surface area contributed by atoms with Crippen LogP contribution in [0.25, 0.3) is 0 Å². The van der Waals surface area contributed by atoms with Crippen molar-refractivity contribution in [3.8, 4) is 0 Å². The average Bonchev–Trinajstić information content (AvgIpc) is 2.88. The molecule has 0 aromatic heterocycles. The van der Waals surface area contributed by atoms with Crippen LogP contribution < -0.4 is 4.90 Å². The maximum Gasteiger partial charge on any atom is 0.293 e. The molecule has 0 radical (unpaired) electrons. The number of anilines is 1. The highest BCUT2D eigenvalue weighted by molar-refractivity contribution is 5.96. The molecule has 11 heteroatoms. The molecule has 4 rings (SSSR count). The summed E-state index contributed by atoms with van der Waals surface area (Å²) in [6, 6.07) is 4.64. The van der Waals surface area contributed by atoms with Crippen molar-refractivity contribution < 1.29 is 19.3 Å². The zero-order valence-corrected chi connectivity index (χ0v) is 20.5. The first-order valence-electron chi connectivity index (χ1n) is 12.3. The quantitative estimate of drug-likeness (QED) is 0.459. The van der Waals surface area contributed by atoms with Gasteiger partial charge in [0.15, 0.2) is 0 Å². The number of amides is 3. The zero-order chi connectivity index (χ0) is 25.1. The van der Waals surface area contributed by atoms with Crippen LogP contribution in [0.5, 0.6) is 0 Å². The van der Waals surface area contributed by atoms with E-state index in [9.17, 15) is 24.5 Å². The van der Waals surface area contributed by atoms with Crippen LogP contribution >= 0.6 is 0 Å². The number of piperidine rings is 1. The second-order valence-corrected chi connectivity index (χ2v) is 9.65. The van der Waals surface area contributed by atoms with Crippen molar-refractivity contribution in [2.45, 2.75) is 19.8 Å². The van der Waals surface area contributed by atoms with Crippen molar-refractivity contribution in [1.29, 1.82) is 0 Å². The molecular formula is C24H34N6O5. The highest BCUT2D eigenvalue weighted by atomic mass is 16.6. The van der Waals surface area contributed by atoms with Crippen molar-refractivity contribution in [3.05, 3.63) is 33.9 Å². The number of hydrogen-bond donors (Lipinski definition) is 0. The second kappa shape index (κ2) is 10.6. The summed E-state index contributed by atoms with van der Waals surface area (Å²) in [4.78, 5) is 58.4. The number of likely N-dealkylation sites (N-methyl/N-ethyl adjacent to an activating group) is 1. The van der Waals surface area contributed by atoms with Crippen LogP contribution in [-0.4, -0.2) is 115 Å². The van der Waals surface area contributed by atoms with Crippen LogP contribution in [0, 0.1) is 16.0 Å². The molecule has 0 spiro atoms. The Balaban J connectivity index is 1.38. The molecule has 35 heavy (non-hydrogen) atoms. The Bertz CT molecular complexity index is 977. The van der Waals surface area contributed by atoms with Gasteiger partial charge in [-0.1, -0.05) is 0 Å². The van der Waals surface area contributed by atoms with Gasteiger partial charge in [0, 0.05) is 89.9 Å². The number of hydrogen-bond acceptors (Lipinski definition) is 7. The lowest BCUT2D eigenvalue weighted by Gasteiger charge is -2.37. The highest BCUT2D eigenvalue weighted by Crippen LogP contribution is 2.31. The van der Waals surface area contributed by atoms with Crippen LogP contribution in [0.3, 0.4) is 0 Å². The minimum atomic E-state index is -0.454. The van der Waals surface area contributed by atoms with E-state index in [4.69, 9.17) is 0 Å². The molecule has 3 aliphatic heterocycles. The summed E-state index contributed by atoms with van der Waals surface area (Å²) in [6.07, 6.45) is 1.22. The van der Waals surface area contributed by atoms with E-state index in [1.807, 2.05) is 9.80 Å². The van der Waals surface area contributed by atoms with E-state index in [-0.39, 0.29) is 34.9 Å². The van der Waals surface area contributed by atoms with E-state index in [0.29, 0.717) is 57.8 Å². The standard InChI is InChI=1S/C24H34N6O5/c1-18(31)26-13-15-27(16-14-26)21-4-3-20(17-22(21)30(34)35)24(33)28-7-5-19(6-8-28)23(32)29-11-9-25(2)10-12-29/h3-4,17,19H,5-16H2,1-2H3. The summed E-state index contributed by atoms with van der Waals surface area (Å²) >= 11 is 0. The number of benzene rings is 1. The molecule has 1 aromatic carbocycles. The molecule has 0 unspecified atom stereocenters. The Morgan fingerprint density at radius 1 is 0.857 bits per heavy atom. The Kier molecular flexibility index (Phi) is 7.54. The molecule has 0 saturated carbocycles. The van der Waals surface area contributed by atoms with Crippen molar-refractivity contribution in [2.24, 2.45) is 5.92 Å². The van der Waals surface area contributed by atoms with Crippen LogP contribution in [0.1, 0.15) is 30.1 Å². The lowest BCUT2D eigenvalue weighted by atomic mass is 9.94. The third-order valence-electron chi connectivity index (χ3n) is 7.43. The summed E-state index contributed by atoms with van der Waals surface area (Å²) in [5, 5.41) is 11.8. The first-order chi connectivity index (χ1) is 16.7. The normalized spacial score (nSPS) is 20.2. The molecule has 1 aromatic rings. The van der Waals surface area contributed by atoms with Gasteiger partial charge in [-0.25, -0.2) is 0 Å². The van der Waals surface area contributed by atoms with Crippen LogP contribution in [0.4, 0.5) is 11.4 Å². The smallest absolute Gasteiger partial charge is 0.293 e. The first-order valence-corrected chi connectivity index (χ1v) is 12.3. The molecule has 3 aliphatic rings. The molecule has 0 N–H and O–H groups in total. The molecule has 0 atom stereocenters. The van der Waals surface area contributed by atoms with E-state index in [0.717, 1.165) is 26.2 Å². The molecule has 190 valence electrons. The maximum absolute atomic E-state index is 13.1. The maximum atomic E-state index is 13.1. The summed E-state index contributed by atoms with van der Waals surface area (Å²) in [5.41, 5.74) is 0.644. The lowest BCUT2D eigenvalue weighted by Crippen LogP contribution is -2.51. The molecule has 3 heterocycles. The van der Waals surface area contributed by atoms with Crippen LogP contribution in [0.2, 0.25) is 0 Å². The van der Waals surface area contributed by atoms with Gasteiger partial charge in [0.25, 0.3) is 11.6 Å². The van der Waals surface area contributed by atoms with E-state index in [1.165, 1.54) is 13.0 Å². The van der Waals surface area contributed by atoms with Gasteiger partial charge < -0.3 is 24.5 Å². The number of carbonyl (C=O) groups is 3. The van der Waals surface area contributed by atoms with E-state index >= 15 is 0 Å². The topological polar surface area (TPSA) is 111 Å². The molecule has 0 bridgehead atoms. The van der Waals surface area contributed by atoms with Crippen LogP contribution in [-0.2, 0) is 9.59 Å². The van der Waals surface area contributed by atoms with Gasteiger partial charge >= 0.3 is 0 Å². The first kappa shape index (κ1) is 24.9. The molecule has 3 saturated heterocycles. The zero-order valence-electron chi connectivity index (χ0n) is 20.5. The molecular weight excluding hydrogens is 452 g/mol. The van der Waals surface area contributed by atoms with Crippen molar-refractivity contribution >= 4 is 29.1 Å². The monoisotopic (exact) mass is 486 g/mol. The van der Waals surface area contributed by atoms with Gasteiger partial charge in [0.1, 0.15) is 5.69 Å². The fourth-order valence-corrected chi connectivity index (χ4v) is 5.13. The Labute approximate surface area is 205 Å². The SMILES string of the molecule is CC(=O)N1CCN(c2ccc(C(=O)N3CCC(C(=O)N4CCN(C)CC4)CC3)cc2[N+](=O)[O-])CC1. The van der Waals surface area contributed by atoms with Gasteiger partial charge in [-0.15, -0.1) is 0 Å². The number of nitrogens with zero attached hydrogens (tertiary/aromatic N) is 6. The van der Waals surface area contributed by atoms with Gasteiger partial charge in [-0.3, -0.25) is 24.5 Å². The van der Waals surface area contributed by atoms with Gasteiger partial charge in [0.2, 0.25) is 11.8 Å². The number of nitro benzene ring substituents is 1. The van der Waals surface area contributed by atoms with Crippen molar-refractivity contribution in [2.75, 3.05) is 77.4 Å². The van der Waals surface area contributed by atoms with Gasteiger partial charge in [-0.2, -0.15) is 0 Å². The summed E-state index contributed by atoms with van der Waals surface area (Å²) in [7, 11) is 2.05. The van der Waals surface area contributed by atoms with Gasteiger partial charge in [0.05, 0.1) is 4.92 Å². The Hall–Kier alpha value is -3.21. The van der Waals surface area contributed by atoms with E-state index in [1.54, 1.807) is 21.9 Å². The molecule has 3 fully saturated rings. The molecule has 0 aliphatic carbocycles. The third-order valence-corrected chi connectivity index (χ3v) is 7.43.